The van der Waals surface area contributed by atoms with Crippen LogP contribution in [0, 0.1) is 75.9 Å². The summed E-state index contributed by atoms with van der Waals surface area (Å²) in [5.74, 6) is 6.81. The summed E-state index contributed by atoms with van der Waals surface area (Å²) in [7, 11) is 0. The largest absolute Gasteiger partial charge is 0.462 e. The second-order valence-corrected chi connectivity index (χ2v) is 16.8. The lowest BCUT2D eigenvalue weighted by molar-refractivity contribution is -0.185. The van der Waals surface area contributed by atoms with Crippen LogP contribution in [0.1, 0.15) is 119 Å². The predicted molar refractivity (Wildman–Crippen MR) is 151 cm³/mol. The second kappa shape index (κ2) is 8.97. The fourth-order valence-corrected chi connectivity index (χ4v) is 13.0. The number of ether oxygens (including phenoxy) is 2. The Kier molecular flexibility index (Phi) is 6.17. The molecule has 0 aliphatic heterocycles. The second-order valence-electron chi connectivity index (χ2n) is 16.8. The minimum absolute atomic E-state index is 0.0479. The van der Waals surface area contributed by atoms with Crippen LogP contribution in [0.2, 0.25) is 0 Å². The van der Waals surface area contributed by atoms with Crippen molar-refractivity contribution in [3.05, 3.63) is 0 Å². The highest BCUT2D eigenvalue weighted by molar-refractivity contribution is 5.77. The van der Waals surface area contributed by atoms with E-state index >= 15 is 0 Å². The minimum Gasteiger partial charge on any atom is -0.462 e. The first kappa shape index (κ1) is 26.8. The van der Waals surface area contributed by atoms with Crippen LogP contribution in [0.25, 0.3) is 0 Å². The molecule has 0 aromatic rings. The summed E-state index contributed by atoms with van der Waals surface area (Å²) in [5, 5.41) is 0. The van der Waals surface area contributed by atoms with Crippen molar-refractivity contribution in [3.63, 3.8) is 0 Å². The number of carbonyl (C=O) groups is 2. The van der Waals surface area contributed by atoms with E-state index in [1.807, 2.05) is 0 Å². The zero-order valence-corrected chi connectivity index (χ0v) is 25.5. The van der Waals surface area contributed by atoms with Gasteiger partial charge in [-0.3, -0.25) is 9.59 Å². The van der Waals surface area contributed by atoms with Crippen LogP contribution >= 0.6 is 0 Å². The van der Waals surface area contributed by atoms with Crippen molar-refractivity contribution in [1.29, 1.82) is 0 Å². The zero-order valence-electron chi connectivity index (χ0n) is 25.5. The van der Waals surface area contributed by atoms with Gasteiger partial charge in [0.15, 0.2) is 0 Å². The maximum Gasteiger partial charge on any atom is 0.312 e. The zero-order chi connectivity index (χ0) is 27.5. The van der Waals surface area contributed by atoms with Crippen LogP contribution in [-0.4, -0.2) is 23.6 Å². The first-order chi connectivity index (χ1) is 18.5. The first-order valence-corrected chi connectivity index (χ1v) is 17.0. The quantitative estimate of drug-likeness (QED) is 0.233. The molecule has 0 saturated heterocycles. The summed E-state index contributed by atoms with van der Waals surface area (Å²) < 4.78 is 13.3. The maximum atomic E-state index is 14.0. The van der Waals surface area contributed by atoms with Crippen molar-refractivity contribution in [2.75, 3.05) is 0 Å². The van der Waals surface area contributed by atoms with Gasteiger partial charge in [0.25, 0.3) is 0 Å². The van der Waals surface area contributed by atoms with E-state index in [2.05, 4.69) is 41.5 Å². The molecular weight excluding hydrogens is 484 g/mol. The van der Waals surface area contributed by atoms with Gasteiger partial charge in [-0.15, -0.1) is 0 Å². The lowest BCUT2D eigenvalue weighted by atomic mass is 9.66. The van der Waals surface area contributed by atoms with E-state index in [4.69, 9.17) is 9.47 Å². The Hall–Kier alpha value is -1.06. The molecule has 8 aliphatic rings. The summed E-state index contributed by atoms with van der Waals surface area (Å²) in [6.07, 6.45) is 13.4. The van der Waals surface area contributed by atoms with Crippen molar-refractivity contribution in [3.8, 4) is 0 Å². The third-order valence-electron chi connectivity index (χ3n) is 14.1. The maximum absolute atomic E-state index is 14.0. The number of esters is 2. The minimum atomic E-state index is -0.380. The Morgan fingerprint density at radius 2 is 1.51 bits per heavy atom. The number of hydrogen-bond acceptors (Lipinski definition) is 4. The van der Waals surface area contributed by atoms with E-state index in [0.29, 0.717) is 41.4 Å². The molecule has 8 saturated carbocycles. The van der Waals surface area contributed by atoms with Gasteiger partial charge in [-0.2, -0.15) is 0 Å². The molecule has 4 heteroatoms. The number of hydrogen-bond donors (Lipinski definition) is 0. The highest BCUT2D eigenvalue weighted by Gasteiger charge is 2.68. The van der Waals surface area contributed by atoms with E-state index in [1.165, 1.54) is 38.5 Å². The summed E-state index contributed by atoms with van der Waals surface area (Å²) in [5.41, 5.74) is -0.453. The highest BCUT2D eigenvalue weighted by Crippen LogP contribution is 2.70. The monoisotopic (exact) mass is 538 g/mol. The smallest absolute Gasteiger partial charge is 0.312 e. The summed E-state index contributed by atoms with van der Waals surface area (Å²) in [6, 6.07) is 0. The molecule has 218 valence electrons. The van der Waals surface area contributed by atoms with Crippen molar-refractivity contribution >= 4 is 11.9 Å². The number of fused-ring (bicyclic) bond motifs is 9. The third-order valence-corrected chi connectivity index (χ3v) is 14.1. The standard InChI is InChI=1S/C35H54O4/c1-7-34(8-2,18-33(4,5)6)32(37)38-28-17-22-16-26(28)30-24-14-21(29(22)30)15-25(24)31(36)39-35(9-3)23-11-19-10-20(13-23)27(35)12-19/h19-30H,7-18H2,1-6H3. The molecule has 4 nitrogen and oxygen atoms in total. The Bertz CT molecular complexity index is 1000. The Morgan fingerprint density at radius 1 is 0.795 bits per heavy atom. The van der Waals surface area contributed by atoms with Gasteiger partial charge in [-0.1, -0.05) is 41.5 Å². The molecular formula is C35H54O4. The Labute approximate surface area is 237 Å². The number of carbonyl (C=O) groups excluding carboxylic acids is 2. The molecule has 8 fully saturated rings. The van der Waals surface area contributed by atoms with E-state index in [0.717, 1.165) is 56.3 Å². The summed E-state index contributed by atoms with van der Waals surface area (Å²) >= 11 is 0. The predicted octanol–water partition coefficient (Wildman–Crippen LogP) is 7.83. The van der Waals surface area contributed by atoms with Crippen LogP contribution in [0.3, 0.4) is 0 Å². The van der Waals surface area contributed by atoms with E-state index in [-0.39, 0.29) is 40.4 Å². The molecule has 8 aliphatic carbocycles. The van der Waals surface area contributed by atoms with Crippen LogP contribution in [-0.2, 0) is 19.1 Å². The molecule has 8 rings (SSSR count). The average molecular weight is 539 g/mol. The Morgan fingerprint density at radius 3 is 2.18 bits per heavy atom. The number of rotatable bonds is 8. The third kappa shape index (κ3) is 3.80. The van der Waals surface area contributed by atoms with Crippen molar-refractivity contribution < 1.29 is 19.1 Å². The normalized spacial score (nSPS) is 48.7. The first-order valence-electron chi connectivity index (χ1n) is 17.0. The van der Waals surface area contributed by atoms with Crippen LogP contribution in [0.4, 0.5) is 0 Å². The van der Waals surface area contributed by atoms with Gasteiger partial charge in [0.1, 0.15) is 11.7 Å². The fourth-order valence-electron chi connectivity index (χ4n) is 13.0. The lowest BCUT2D eigenvalue weighted by Gasteiger charge is -2.45. The van der Waals surface area contributed by atoms with Crippen LogP contribution in [0.5, 0.6) is 0 Å². The Balaban J connectivity index is 1.05. The van der Waals surface area contributed by atoms with Gasteiger partial charge < -0.3 is 9.47 Å². The van der Waals surface area contributed by atoms with Gasteiger partial charge in [0, 0.05) is 5.92 Å². The molecule has 8 bridgehead atoms. The van der Waals surface area contributed by atoms with E-state index in [9.17, 15) is 9.59 Å². The molecule has 0 amide bonds. The average Bonchev–Trinajstić information content (AvgIpc) is 3.72. The van der Waals surface area contributed by atoms with Crippen molar-refractivity contribution in [2.45, 2.75) is 130 Å². The summed E-state index contributed by atoms with van der Waals surface area (Å²) in [4.78, 5) is 27.7. The van der Waals surface area contributed by atoms with E-state index < -0.39 is 0 Å². The van der Waals surface area contributed by atoms with Gasteiger partial charge >= 0.3 is 11.9 Å². The van der Waals surface area contributed by atoms with Crippen LogP contribution in [0.15, 0.2) is 0 Å². The molecule has 0 aromatic heterocycles. The van der Waals surface area contributed by atoms with Crippen molar-refractivity contribution in [2.24, 2.45) is 75.9 Å². The van der Waals surface area contributed by atoms with Crippen LogP contribution < -0.4 is 0 Å². The van der Waals surface area contributed by atoms with E-state index in [1.54, 1.807) is 0 Å². The highest BCUT2D eigenvalue weighted by atomic mass is 16.6. The molecule has 13 unspecified atom stereocenters. The molecule has 0 aromatic carbocycles. The fraction of sp³-hybridized carbons (Fsp3) is 0.943. The molecule has 0 N–H and O–H groups in total. The molecule has 13 atom stereocenters. The topological polar surface area (TPSA) is 52.6 Å². The van der Waals surface area contributed by atoms with Gasteiger partial charge in [-0.05, 0) is 136 Å². The van der Waals surface area contributed by atoms with Gasteiger partial charge in [0.2, 0.25) is 0 Å². The lowest BCUT2D eigenvalue weighted by Crippen LogP contribution is -2.49. The molecule has 0 radical (unpaired) electrons. The SMILES string of the molecule is CCC(CC)(CC(C)(C)C)C(=O)OC1CC2CC1C1C3CC(CC3C(=O)OC3(CC)C4CC5CC(C4)C3C5)C21. The van der Waals surface area contributed by atoms with Crippen molar-refractivity contribution in [1.82, 2.24) is 0 Å². The molecule has 0 spiro atoms. The molecule has 0 heterocycles. The molecule has 39 heavy (non-hydrogen) atoms. The van der Waals surface area contributed by atoms with Gasteiger partial charge in [-0.25, -0.2) is 0 Å². The van der Waals surface area contributed by atoms with Gasteiger partial charge in [0.05, 0.1) is 11.3 Å². The summed E-state index contributed by atoms with van der Waals surface area (Å²) in [6.45, 7) is 13.3.